The molecule has 0 fully saturated rings. The number of aromatic nitrogens is 4. The van der Waals surface area contributed by atoms with Gasteiger partial charge in [-0.05, 0) is 129 Å². The molecule has 0 aliphatic rings. The van der Waals surface area contributed by atoms with Gasteiger partial charge in [-0.1, -0.05) is 227 Å². The van der Waals surface area contributed by atoms with E-state index >= 15 is 0 Å². The van der Waals surface area contributed by atoms with Crippen LogP contribution in [0.15, 0.2) is 301 Å². The number of hydrogen-bond acceptors (Lipinski definition) is 21. The highest BCUT2D eigenvalue weighted by Crippen LogP contribution is 2.41. The number of benzene rings is 9. The van der Waals surface area contributed by atoms with Crippen LogP contribution >= 0.6 is 0 Å². The smallest absolute Gasteiger partial charge is 0.349 e. The van der Waals surface area contributed by atoms with Gasteiger partial charge in [0.05, 0.1) is 36.0 Å². The Labute approximate surface area is 770 Å². The maximum atomic E-state index is 12.7. The third-order valence-corrected chi connectivity index (χ3v) is 20.6. The first-order valence-electron chi connectivity index (χ1n) is 42.4. The Kier molecular flexibility index (Phi) is 35.6. The molecule has 0 saturated heterocycles. The molecular formula is C108H98N8O17. The van der Waals surface area contributed by atoms with Gasteiger partial charge in [0.2, 0.25) is 0 Å². The van der Waals surface area contributed by atoms with Crippen LogP contribution in [0.4, 0.5) is 0 Å². The number of para-hydroxylation sites is 4. The summed E-state index contributed by atoms with van der Waals surface area (Å²) < 4.78 is 54.1. The first kappa shape index (κ1) is 98.2. The molecule has 0 spiro atoms. The molecule has 0 aliphatic heterocycles. The molecule has 25 heteroatoms. The molecule has 0 bridgehead atoms. The van der Waals surface area contributed by atoms with E-state index in [1.165, 1.54) is 20.8 Å². The zero-order chi connectivity index (χ0) is 95.6. The van der Waals surface area contributed by atoms with E-state index in [2.05, 4.69) is 79.6 Å². The molecule has 0 aliphatic carbocycles. The van der Waals surface area contributed by atoms with Crippen molar-refractivity contribution in [1.82, 2.24) is 18.3 Å². The normalized spacial score (nSPS) is 11.2. The molecule has 0 saturated carbocycles. The summed E-state index contributed by atoms with van der Waals surface area (Å²) in [6.45, 7) is 25.2. The van der Waals surface area contributed by atoms with Gasteiger partial charge in [0.15, 0.2) is 0 Å². The van der Waals surface area contributed by atoms with E-state index in [4.69, 9.17) is 42.6 Å². The molecule has 0 atom stereocenters. The van der Waals surface area contributed by atoms with Crippen LogP contribution in [-0.4, -0.2) is 132 Å². The summed E-state index contributed by atoms with van der Waals surface area (Å²) >= 11 is 0. The summed E-state index contributed by atoms with van der Waals surface area (Å²) in [7, 11) is 3.90. The van der Waals surface area contributed by atoms with Crippen LogP contribution < -0.4 is 0 Å². The predicted molar refractivity (Wildman–Crippen MR) is 512 cm³/mol. The Bertz CT molecular complexity index is 6910. The van der Waals surface area contributed by atoms with Crippen LogP contribution in [0.3, 0.4) is 0 Å². The standard InChI is InChI=1S/C30H26N2O4.C27H26N2O5.C26H24N2O4.C25H22N2O4/c1-4-32-27-12-8-7-11-25(27)26(28(32)23-14-13-21-9-5-6-10-22(21)17-23)18-24(19-31)30(34)36-16-15-35-29(33)20(2)3;1-19(2)26(30)33-15-13-32-14-16-34-27(31)21(18-28)17-23-22-11-7-8-12-24(22)29(3)25(23)20-9-5-4-6-10-20;1-4-28-23-13-9-8-12-21(23)22(24(28)19-10-6-5-7-11-19)16-20(17-27)26(30)32-15-14-31-25(29)18(2)3;1-17(2)24(28)30-13-14-31-25(29)19(16-26)15-21-20-11-7-8-12-22(20)27(3)23(21)18-9-5-4-6-10-18/h5-14,17-18H,2,4,15-16H2,1,3H3;4-12,17H,1,13-16H2,2-3H3;5-13,16H,2,4,14-15H2,1,3H3;4-12,15H,1,13-14H2,2-3H3/b24-18+;21-17+;20-16+;19-15+. The van der Waals surface area contributed by atoms with Crippen molar-refractivity contribution in [2.24, 2.45) is 14.1 Å². The van der Waals surface area contributed by atoms with E-state index in [1.54, 1.807) is 31.2 Å². The van der Waals surface area contributed by atoms with E-state index in [0.717, 1.165) is 128 Å². The van der Waals surface area contributed by atoms with E-state index in [-0.39, 0.29) is 105 Å². The number of nitrogens with zero attached hydrogens (tertiary/aromatic N) is 8. The summed E-state index contributed by atoms with van der Waals surface area (Å²) in [5.41, 5.74) is 15.1. The van der Waals surface area contributed by atoms with E-state index in [1.807, 2.05) is 248 Å². The molecule has 0 N–H and O–H groups in total. The summed E-state index contributed by atoms with van der Waals surface area (Å²) in [6, 6.07) is 83.0. The molecule has 0 radical (unpaired) electrons. The highest BCUT2D eigenvalue weighted by atomic mass is 16.6. The molecule has 9 aromatic carbocycles. The van der Waals surface area contributed by atoms with Gasteiger partial charge in [0.1, 0.15) is 99.4 Å². The molecule has 0 unspecified atom stereocenters. The van der Waals surface area contributed by atoms with Crippen molar-refractivity contribution >= 4 is 126 Å². The molecule has 4 heterocycles. The topological polar surface area (TPSA) is 335 Å². The Morgan fingerprint density at radius 2 is 0.526 bits per heavy atom. The van der Waals surface area contributed by atoms with Crippen molar-refractivity contribution in [3.8, 4) is 69.3 Å². The lowest BCUT2D eigenvalue weighted by molar-refractivity contribution is -0.147. The minimum absolute atomic E-state index is 0.0344. The average molecular weight is 1780 g/mol. The van der Waals surface area contributed by atoms with Gasteiger partial charge in [-0.15, -0.1) is 0 Å². The molecule has 13 rings (SSSR count). The Morgan fingerprint density at radius 1 is 0.286 bits per heavy atom. The number of hydrogen-bond donors (Lipinski definition) is 0. The third-order valence-electron chi connectivity index (χ3n) is 20.6. The summed E-state index contributed by atoms with van der Waals surface area (Å²) in [5, 5.41) is 44.6. The lowest BCUT2D eigenvalue weighted by Gasteiger charge is -2.11. The van der Waals surface area contributed by atoms with Gasteiger partial charge in [0, 0.05) is 115 Å². The van der Waals surface area contributed by atoms with Crippen LogP contribution in [0, 0.1) is 45.3 Å². The lowest BCUT2D eigenvalue weighted by atomic mass is 10.00. The van der Waals surface area contributed by atoms with Crippen LogP contribution in [0.25, 0.3) is 124 Å². The molecule has 0 amide bonds. The molecule has 133 heavy (non-hydrogen) atoms. The number of fused-ring (bicyclic) bond motifs is 5. The third kappa shape index (κ3) is 25.1. The van der Waals surface area contributed by atoms with Gasteiger partial charge in [-0.25, -0.2) is 38.4 Å². The number of carbonyl (C=O) groups is 8. The van der Waals surface area contributed by atoms with Crippen LogP contribution in [0.5, 0.6) is 0 Å². The molecule has 672 valence electrons. The first-order valence-corrected chi connectivity index (χ1v) is 42.4. The van der Waals surface area contributed by atoms with Crippen LogP contribution in [-0.2, 0) is 108 Å². The minimum Gasteiger partial charge on any atom is -0.460 e. The monoisotopic (exact) mass is 1780 g/mol. The Balaban J connectivity index is 0.000000184. The molecule has 4 aromatic heterocycles. The predicted octanol–water partition coefficient (Wildman–Crippen LogP) is 19.8. The van der Waals surface area contributed by atoms with Crippen molar-refractivity contribution in [3.05, 3.63) is 324 Å². The van der Waals surface area contributed by atoms with Crippen molar-refractivity contribution in [3.63, 3.8) is 0 Å². The Hall–Kier alpha value is -17.0. The first-order chi connectivity index (χ1) is 64.3. The van der Waals surface area contributed by atoms with Crippen molar-refractivity contribution in [1.29, 1.82) is 21.0 Å². The molecule has 13 aromatic rings. The number of nitriles is 4. The van der Waals surface area contributed by atoms with Crippen molar-refractivity contribution < 1.29 is 81.0 Å². The van der Waals surface area contributed by atoms with Crippen molar-refractivity contribution in [2.75, 3.05) is 66.1 Å². The number of esters is 8. The van der Waals surface area contributed by atoms with Gasteiger partial charge in [-0.2, -0.15) is 21.0 Å². The van der Waals surface area contributed by atoms with Crippen LogP contribution in [0.1, 0.15) is 63.8 Å². The Morgan fingerprint density at radius 3 is 0.827 bits per heavy atom. The zero-order valence-electron chi connectivity index (χ0n) is 75.1. The summed E-state index contributed by atoms with van der Waals surface area (Å²) in [6.07, 6.45) is 6.28. The van der Waals surface area contributed by atoms with Crippen LogP contribution in [0.2, 0.25) is 0 Å². The number of ether oxygens (including phenoxy) is 9. The lowest BCUT2D eigenvalue weighted by Crippen LogP contribution is -2.15. The summed E-state index contributed by atoms with van der Waals surface area (Å²) in [4.78, 5) is 95.9. The number of aryl methyl sites for hydroxylation is 4. The van der Waals surface area contributed by atoms with Crippen molar-refractivity contribution in [2.45, 2.75) is 54.6 Å². The SMILES string of the molecule is C=C(C)C(=O)OCCOC(=O)/C(C#N)=C/c1c(-c2ccc3ccccc3c2)n(CC)c2ccccc12.C=C(C)C(=O)OCCOC(=O)/C(C#N)=C/c1c(-c2ccccc2)n(C)c2ccccc12.C=C(C)C(=O)OCCOC(=O)/C(C#N)=C/c1c(-c2ccccc2)n(CC)c2ccccc12.C=C(C)C(=O)OCCOCCOC(=O)/C(C#N)=C/c1c(-c2ccccc2)n(C)c2ccccc12. The second kappa shape index (κ2) is 48.2. The average Bonchev–Trinajstić information content (AvgIpc) is 1.61. The van der Waals surface area contributed by atoms with Gasteiger partial charge >= 0.3 is 47.8 Å². The second-order valence-electron chi connectivity index (χ2n) is 29.9. The number of rotatable bonds is 33. The fourth-order valence-electron chi connectivity index (χ4n) is 14.4. The van der Waals surface area contributed by atoms with E-state index < -0.39 is 47.8 Å². The van der Waals surface area contributed by atoms with Gasteiger partial charge < -0.3 is 60.9 Å². The minimum atomic E-state index is -0.777. The summed E-state index contributed by atoms with van der Waals surface area (Å²) in [5.74, 6) is -5.22. The second-order valence-corrected chi connectivity index (χ2v) is 29.9. The fraction of sp³-hybridized carbons (Fsp3) is 0.185. The quantitative estimate of drug-likeness (QED) is 0.0121. The molecule has 25 nitrogen and oxygen atoms in total. The fourth-order valence-corrected chi connectivity index (χ4v) is 14.4. The van der Waals surface area contributed by atoms with Gasteiger partial charge in [0.25, 0.3) is 0 Å². The molecular weight excluding hydrogens is 1680 g/mol. The maximum absolute atomic E-state index is 12.7. The van der Waals surface area contributed by atoms with E-state index in [9.17, 15) is 59.4 Å². The van der Waals surface area contributed by atoms with Gasteiger partial charge in [-0.3, -0.25) is 0 Å². The van der Waals surface area contributed by atoms with E-state index in [0.29, 0.717) is 12.1 Å². The highest BCUT2D eigenvalue weighted by Gasteiger charge is 2.26. The number of carbonyl (C=O) groups excluding carboxylic acids is 8. The maximum Gasteiger partial charge on any atom is 0.349 e. The zero-order valence-corrected chi connectivity index (χ0v) is 75.1. The highest BCUT2D eigenvalue weighted by molar-refractivity contribution is 6.09. The largest absolute Gasteiger partial charge is 0.460 e.